The zero-order valence-electron chi connectivity index (χ0n) is 16.2. The second kappa shape index (κ2) is 7.96. The zero-order chi connectivity index (χ0) is 20.3. The summed E-state index contributed by atoms with van der Waals surface area (Å²) in [7, 11) is 1.52. The van der Waals surface area contributed by atoms with Crippen molar-refractivity contribution >= 4 is 23.2 Å². The highest BCUT2D eigenvalue weighted by atomic mass is 16.5. The van der Waals surface area contributed by atoms with Crippen LogP contribution in [0.4, 0.5) is 11.4 Å². The molecule has 1 aromatic heterocycles. The lowest BCUT2D eigenvalue weighted by Gasteiger charge is -2.13. The number of carbonyl (C=O) groups excluding carboxylic acids is 2. The molecule has 7 heteroatoms. The quantitative estimate of drug-likeness (QED) is 0.709. The van der Waals surface area contributed by atoms with Crippen LogP contribution >= 0.6 is 0 Å². The largest absolute Gasteiger partial charge is 0.495 e. The van der Waals surface area contributed by atoms with Crippen molar-refractivity contribution in [3.05, 3.63) is 65.5 Å². The van der Waals surface area contributed by atoms with Gasteiger partial charge in [0.2, 0.25) is 5.91 Å². The molecule has 2 aromatic carbocycles. The summed E-state index contributed by atoms with van der Waals surface area (Å²) in [6.07, 6.45) is 0. The van der Waals surface area contributed by atoms with Gasteiger partial charge in [-0.05, 0) is 56.3 Å². The molecule has 7 nitrogen and oxygen atoms in total. The zero-order valence-corrected chi connectivity index (χ0v) is 16.2. The summed E-state index contributed by atoms with van der Waals surface area (Å²) < 4.78 is 7.11. The predicted molar refractivity (Wildman–Crippen MR) is 108 cm³/mol. The minimum Gasteiger partial charge on any atom is -0.495 e. The van der Waals surface area contributed by atoms with Gasteiger partial charge in [0, 0.05) is 23.9 Å². The van der Waals surface area contributed by atoms with Gasteiger partial charge in [0.05, 0.1) is 24.2 Å². The SMILES string of the molecule is COc1ccc(NC(C)=O)cc1NC(=O)c1cccc(-n2nc(C)cc2C)c1. The maximum Gasteiger partial charge on any atom is 0.255 e. The molecular formula is C21H22N4O3. The topological polar surface area (TPSA) is 85.3 Å². The lowest BCUT2D eigenvalue weighted by molar-refractivity contribution is -0.114. The van der Waals surface area contributed by atoms with E-state index in [0.717, 1.165) is 17.1 Å². The smallest absolute Gasteiger partial charge is 0.255 e. The number of amides is 2. The highest BCUT2D eigenvalue weighted by Gasteiger charge is 2.13. The van der Waals surface area contributed by atoms with Crippen molar-refractivity contribution in [1.82, 2.24) is 9.78 Å². The number of rotatable bonds is 5. The van der Waals surface area contributed by atoms with Crippen LogP contribution in [0, 0.1) is 13.8 Å². The minimum atomic E-state index is -0.290. The molecule has 0 bridgehead atoms. The molecule has 3 rings (SSSR count). The molecule has 3 aromatic rings. The number of nitrogens with zero attached hydrogens (tertiary/aromatic N) is 2. The van der Waals surface area contributed by atoms with E-state index >= 15 is 0 Å². The van der Waals surface area contributed by atoms with E-state index in [1.165, 1.54) is 14.0 Å². The van der Waals surface area contributed by atoms with Gasteiger partial charge in [-0.25, -0.2) is 4.68 Å². The van der Waals surface area contributed by atoms with E-state index in [1.54, 1.807) is 35.0 Å². The second-order valence-corrected chi connectivity index (χ2v) is 6.44. The summed E-state index contributed by atoms with van der Waals surface area (Å²) in [4.78, 5) is 24.1. The van der Waals surface area contributed by atoms with Gasteiger partial charge >= 0.3 is 0 Å². The number of ether oxygens (including phenoxy) is 1. The van der Waals surface area contributed by atoms with Crippen molar-refractivity contribution in [3.8, 4) is 11.4 Å². The Morgan fingerprint density at radius 3 is 2.46 bits per heavy atom. The van der Waals surface area contributed by atoms with Crippen LogP contribution in [0.3, 0.4) is 0 Å². The summed E-state index contributed by atoms with van der Waals surface area (Å²) in [6, 6.07) is 14.2. The van der Waals surface area contributed by atoms with Crippen molar-refractivity contribution in [2.75, 3.05) is 17.7 Å². The number of anilines is 2. The number of methoxy groups -OCH3 is 1. The molecule has 144 valence electrons. The third-order valence-corrected chi connectivity index (χ3v) is 4.13. The highest BCUT2D eigenvalue weighted by molar-refractivity contribution is 6.05. The summed E-state index contributed by atoms with van der Waals surface area (Å²) in [5.74, 6) is 0.0128. The Bertz CT molecular complexity index is 1040. The molecule has 0 aliphatic heterocycles. The van der Waals surface area contributed by atoms with Crippen LogP contribution in [0.5, 0.6) is 5.75 Å². The first-order valence-corrected chi connectivity index (χ1v) is 8.78. The Labute approximate surface area is 163 Å². The average molecular weight is 378 g/mol. The fourth-order valence-corrected chi connectivity index (χ4v) is 2.95. The van der Waals surface area contributed by atoms with Gasteiger partial charge in [-0.3, -0.25) is 9.59 Å². The molecule has 0 radical (unpaired) electrons. The Kier molecular flexibility index (Phi) is 5.44. The van der Waals surface area contributed by atoms with Crippen molar-refractivity contribution in [2.45, 2.75) is 20.8 Å². The van der Waals surface area contributed by atoms with Gasteiger partial charge in [0.25, 0.3) is 5.91 Å². The van der Waals surface area contributed by atoms with Crippen LogP contribution in [-0.4, -0.2) is 28.7 Å². The van der Waals surface area contributed by atoms with Crippen molar-refractivity contribution in [1.29, 1.82) is 0 Å². The molecule has 0 saturated carbocycles. The number of carbonyl (C=O) groups is 2. The summed E-state index contributed by atoms with van der Waals surface area (Å²) in [5.41, 5.74) is 4.22. The number of aryl methyl sites for hydroxylation is 2. The summed E-state index contributed by atoms with van der Waals surface area (Å²) in [5, 5.41) is 9.99. The molecule has 0 spiro atoms. The molecule has 0 fully saturated rings. The maximum atomic E-state index is 12.8. The molecule has 0 aliphatic rings. The molecule has 2 amide bonds. The van der Waals surface area contributed by atoms with E-state index in [1.807, 2.05) is 32.0 Å². The van der Waals surface area contributed by atoms with Crippen LogP contribution in [-0.2, 0) is 4.79 Å². The van der Waals surface area contributed by atoms with Crippen molar-refractivity contribution < 1.29 is 14.3 Å². The second-order valence-electron chi connectivity index (χ2n) is 6.44. The number of hydrogen-bond acceptors (Lipinski definition) is 4. The van der Waals surface area contributed by atoms with E-state index in [0.29, 0.717) is 22.7 Å². The van der Waals surface area contributed by atoms with Gasteiger partial charge in [-0.15, -0.1) is 0 Å². The fourth-order valence-electron chi connectivity index (χ4n) is 2.95. The number of nitrogens with one attached hydrogen (secondary N) is 2. The van der Waals surface area contributed by atoms with Crippen LogP contribution in [0.2, 0.25) is 0 Å². The van der Waals surface area contributed by atoms with Gasteiger partial charge < -0.3 is 15.4 Å². The number of hydrogen-bond donors (Lipinski definition) is 2. The number of benzene rings is 2. The molecular weight excluding hydrogens is 356 g/mol. The Morgan fingerprint density at radius 2 is 1.82 bits per heavy atom. The lowest BCUT2D eigenvalue weighted by Crippen LogP contribution is -2.14. The van der Waals surface area contributed by atoms with Crippen LogP contribution in [0.25, 0.3) is 5.69 Å². The van der Waals surface area contributed by atoms with Crippen LogP contribution in [0.1, 0.15) is 28.7 Å². The molecule has 0 saturated heterocycles. The molecule has 28 heavy (non-hydrogen) atoms. The maximum absolute atomic E-state index is 12.8. The first-order valence-electron chi connectivity index (χ1n) is 8.78. The van der Waals surface area contributed by atoms with E-state index in [4.69, 9.17) is 4.74 Å². The average Bonchev–Trinajstić information content (AvgIpc) is 3.00. The first-order chi connectivity index (χ1) is 13.4. The van der Waals surface area contributed by atoms with Crippen molar-refractivity contribution in [3.63, 3.8) is 0 Å². The molecule has 1 heterocycles. The molecule has 0 aliphatic carbocycles. The minimum absolute atomic E-state index is 0.194. The highest BCUT2D eigenvalue weighted by Crippen LogP contribution is 2.28. The fraction of sp³-hybridized carbons (Fsp3) is 0.190. The van der Waals surface area contributed by atoms with Crippen LogP contribution in [0.15, 0.2) is 48.5 Å². The molecule has 0 unspecified atom stereocenters. The lowest BCUT2D eigenvalue weighted by atomic mass is 10.1. The molecule has 2 N–H and O–H groups in total. The summed E-state index contributed by atoms with van der Waals surface area (Å²) >= 11 is 0. The van der Waals surface area contributed by atoms with Crippen LogP contribution < -0.4 is 15.4 Å². The standard InChI is InChI=1S/C21H22N4O3/c1-13-10-14(2)25(24-13)18-7-5-6-16(11-18)21(27)23-19-12-17(22-15(3)26)8-9-20(19)28-4/h5-12H,1-4H3,(H,22,26)(H,23,27). The van der Waals surface area contributed by atoms with E-state index in [-0.39, 0.29) is 11.8 Å². The van der Waals surface area contributed by atoms with E-state index in [2.05, 4.69) is 15.7 Å². The molecule has 0 atom stereocenters. The Hall–Kier alpha value is -3.61. The predicted octanol–water partition coefficient (Wildman–Crippen LogP) is 3.71. The Balaban J connectivity index is 1.88. The van der Waals surface area contributed by atoms with Gasteiger partial charge in [0.15, 0.2) is 0 Å². The van der Waals surface area contributed by atoms with E-state index in [9.17, 15) is 9.59 Å². The normalized spacial score (nSPS) is 10.4. The third kappa shape index (κ3) is 4.20. The summed E-state index contributed by atoms with van der Waals surface area (Å²) in [6.45, 7) is 5.31. The third-order valence-electron chi connectivity index (χ3n) is 4.13. The number of aromatic nitrogens is 2. The van der Waals surface area contributed by atoms with Gasteiger partial charge in [-0.1, -0.05) is 6.07 Å². The Morgan fingerprint density at radius 1 is 1.04 bits per heavy atom. The van der Waals surface area contributed by atoms with Crippen molar-refractivity contribution in [2.24, 2.45) is 0 Å². The van der Waals surface area contributed by atoms with E-state index < -0.39 is 0 Å². The van der Waals surface area contributed by atoms with Gasteiger partial charge in [0.1, 0.15) is 5.75 Å². The van der Waals surface area contributed by atoms with Gasteiger partial charge in [-0.2, -0.15) is 5.10 Å². The first kappa shape index (κ1) is 19.2. The monoisotopic (exact) mass is 378 g/mol.